The van der Waals surface area contributed by atoms with E-state index in [1.807, 2.05) is 45.0 Å². The van der Waals surface area contributed by atoms with Crippen molar-refractivity contribution in [1.82, 2.24) is 9.47 Å². The molecule has 0 N–H and O–H groups in total. The lowest BCUT2D eigenvalue weighted by molar-refractivity contribution is 0.0864. The molecule has 2 aliphatic rings. The van der Waals surface area contributed by atoms with Gasteiger partial charge in [-0.05, 0) is 101 Å². The monoisotopic (exact) mass is 514 g/mol. The minimum atomic E-state index is -3.27. The normalized spacial score (nSPS) is 23.3. The van der Waals surface area contributed by atoms with Gasteiger partial charge in [-0.3, -0.25) is 9.69 Å². The number of hydrogen-bond acceptors (Lipinski definition) is 5. The molecule has 0 bridgehead atoms. The second-order valence-electron chi connectivity index (χ2n) is 11.1. The molecule has 0 aliphatic carbocycles. The number of likely N-dealkylation sites (tertiary alicyclic amines) is 1. The largest absolute Gasteiger partial charge is 0.491 e. The van der Waals surface area contributed by atoms with Gasteiger partial charge in [0.15, 0.2) is 15.6 Å². The Balaban J connectivity index is 1.50. The molecule has 7 heteroatoms. The molecule has 0 saturated carbocycles. The maximum absolute atomic E-state index is 13.2. The summed E-state index contributed by atoms with van der Waals surface area (Å²) in [7, 11) is -3.27. The van der Waals surface area contributed by atoms with Crippen molar-refractivity contribution in [3.05, 3.63) is 47.2 Å². The number of carbonyl (C=O) groups excluding carboxylic acids is 1. The maximum Gasteiger partial charge on any atom is 0.190 e. The first-order valence-corrected chi connectivity index (χ1v) is 15.4. The number of carbonyl (C=O) groups is 1. The van der Waals surface area contributed by atoms with Gasteiger partial charge >= 0.3 is 0 Å². The predicted octanol–water partition coefficient (Wildman–Crippen LogP) is 5.49. The van der Waals surface area contributed by atoms with Gasteiger partial charge in [-0.1, -0.05) is 13.3 Å². The minimum absolute atomic E-state index is 0.0986. The Labute approximate surface area is 216 Å². The number of ketones is 1. The lowest BCUT2D eigenvalue weighted by atomic mass is 9.77. The summed E-state index contributed by atoms with van der Waals surface area (Å²) in [5.41, 5.74) is 2.89. The lowest BCUT2D eigenvalue weighted by Crippen LogP contribution is -2.41. The fourth-order valence-electron chi connectivity index (χ4n) is 6.13. The molecule has 1 saturated heterocycles. The Kier molecular flexibility index (Phi) is 8.30. The SMILES string of the molecule is CCC1CCn2c(ccc2S(C)(=O)=O)C(C2CCCN(CC(=O)c3ccc(OC(C)C)c(C)c3)C2)C1. The van der Waals surface area contributed by atoms with Crippen molar-refractivity contribution in [1.29, 1.82) is 0 Å². The Bertz CT molecular complexity index is 1180. The van der Waals surface area contributed by atoms with E-state index in [-0.39, 0.29) is 11.9 Å². The van der Waals surface area contributed by atoms with Crippen LogP contribution in [0.15, 0.2) is 35.4 Å². The number of aromatic nitrogens is 1. The van der Waals surface area contributed by atoms with E-state index in [0.29, 0.717) is 29.3 Å². The molecular formula is C29H42N2O4S. The summed E-state index contributed by atoms with van der Waals surface area (Å²) in [4.78, 5) is 15.5. The van der Waals surface area contributed by atoms with Gasteiger partial charge in [0.1, 0.15) is 10.8 Å². The fourth-order valence-corrected chi connectivity index (χ4v) is 7.04. The van der Waals surface area contributed by atoms with Gasteiger partial charge in [0.05, 0.1) is 12.6 Å². The van der Waals surface area contributed by atoms with Gasteiger partial charge < -0.3 is 9.30 Å². The highest BCUT2D eigenvalue weighted by atomic mass is 32.2. The molecule has 2 aromatic rings. The maximum atomic E-state index is 13.2. The third-order valence-electron chi connectivity index (χ3n) is 8.00. The van der Waals surface area contributed by atoms with E-state index in [2.05, 4.69) is 16.4 Å². The van der Waals surface area contributed by atoms with E-state index in [0.717, 1.165) is 68.6 Å². The van der Waals surface area contributed by atoms with Crippen LogP contribution in [0.3, 0.4) is 0 Å². The van der Waals surface area contributed by atoms with E-state index in [1.165, 1.54) is 11.9 Å². The second kappa shape index (κ2) is 11.1. The molecule has 1 fully saturated rings. The number of benzene rings is 1. The van der Waals surface area contributed by atoms with Gasteiger partial charge in [0.25, 0.3) is 0 Å². The van der Waals surface area contributed by atoms with Crippen LogP contribution < -0.4 is 4.74 Å². The first kappa shape index (κ1) is 26.9. The Morgan fingerprint density at radius 2 is 1.92 bits per heavy atom. The molecule has 1 aromatic carbocycles. The topological polar surface area (TPSA) is 68.6 Å². The molecule has 0 radical (unpaired) electrons. The minimum Gasteiger partial charge on any atom is -0.491 e. The van der Waals surface area contributed by atoms with Crippen LogP contribution in [-0.4, -0.2) is 55.7 Å². The third-order valence-corrected chi connectivity index (χ3v) is 9.11. The first-order chi connectivity index (χ1) is 17.1. The van der Waals surface area contributed by atoms with Crippen LogP contribution >= 0.6 is 0 Å². The molecule has 3 atom stereocenters. The highest BCUT2D eigenvalue weighted by Crippen LogP contribution is 2.41. The van der Waals surface area contributed by atoms with E-state index in [4.69, 9.17) is 4.74 Å². The van der Waals surface area contributed by atoms with Crippen molar-refractivity contribution in [2.75, 3.05) is 25.9 Å². The molecule has 6 nitrogen and oxygen atoms in total. The second-order valence-corrected chi connectivity index (χ2v) is 13.1. The summed E-state index contributed by atoms with van der Waals surface area (Å²) < 4.78 is 32.8. The highest BCUT2D eigenvalue weighted by Gasteiger charge is 2.35. The van der Waals surface area contributed by atoms with E-state index >= 15 is 0 Å². The number of ether oxygens (including phenoxy) is 1. The van der Waals surface area contributed by atoms with Crippen molar-refractivity contribution in [2.45, 2.75) is 83.4 Å². The lowest BCUT2D eigenvalue weighted by Gasteiger charge is -2.37. The number of sulfone groups is 1. The molecule has 1 aromatic heterocycles. The quantitative estimate of drug-likeness (QED) is 0.436. The molecule has 0 amide bonds. The molecule has 4 rings (SSSR count). The summed E-state index contributed by atoms with van der Waals surface area (Å²) in [5, 5.41) is 0.447. The zero-order valence-electron chi connectivity index (χ0n) is 22.5. The zero-order chi connectivity index (χ0) is 26.0. The summed E-state index contributed by atoms with van der Waals surface area (Å²) in [6.07, 6.45) is 6.80. The Morgan fingerprint density at radius 3 is 2.58 bits per heavy atom. The number of rotatable bonds is 8. The van der Waals surface area contributed by atoms with Crippen LogP contribution in [0.1, 0.15) is 80.4 Å². The van der Waals surface area contributed by atoms with E-state index in [1.54, 1.807) is 6.07 Å². The van der Waals surface area contributed by atoms with Crippen molar-refractivity contribution in [3.8, 4) is 5.75 Å². The van der Waals surface area contributed by atoms with Crippen molar-refractivity contribution < 1.29 is 17.9 Å². The zero-order valence-corrected chi connectivity index (χ0v) is 23.3. The third kappa shape index (κ3) is 6.05. The highest BCUT2D eigenvalue weighted by molar-refractivity contribution is 7.90. The number of hydrogen-bond donors (Lipinski definition) is 0. The van der Waals surface area contributed by atoms with Gasteiger partial charge in [-0.2, -0.15) is 0 Å². The molecule has 0 spiro atoms. The average molecular weight is 515 g/mol. The van der Waals surface area contributed by atoms with Gasteiger partial charge in [-0.25, -0.2) is 8.42 Å². The summed E-state index contributed by atoms with van der Waals surface area (Å²) in [5.74, 6) is 2.30. The van der Waals surface area contributed by atoms with E-state index in [9.17, 15) is 13.2 Å². The number of aryl methyl sites for hydroxylation is 1. The first-order valence-electron chi connectivity index (χ1n) is 13.5. The standard InChI is InChI=1S/C29H42N2O4S/c1-6-22-13-15-31-26(10-12-29(31)36(5,33)34)25(17-22)24-8-7-14-30(18-24)19-27(32)23-9-11-28(21(4)16-23)35-20(2)3/h9-12,16,20,22,24-25H,6-8,13-15,17-19H2,1-5H3. The smallest absolute Gasteiger partial charge is 0.190 e. The van der Waals surface area contributed by atoms with Crippen LogP contribution in [-0.2, 0) is 16.4 Å². The number of piperidine rings is 1. The van der Waals surface area contributed by atoms with Crippen LogP contribution in [0.2, 0.25) is 0 Å². The fraction of sp³-hybridized carbons (Fsp3) is 0.621. The van der Waals surface area contributed by atoms with Crippen LogP contribution in [0.5, 0.6) is 5.75 Å². The van der Waals surface area contributed by atoms with Crippen LogP contribution in [0.25, 0.3) is 0 Å². The van der Waals surface area contributed by atoms with Crippen molar-refractivity contribution >= 4 is 15.6 Å². The molecule has 3 heterocycles. The summed E-state index contributed by atoms with van der Waals surface area (Å²) in [6.45, 7) is 11.2. The number of nitrogens with zero attached hydrogens (tertiary/aromatic N) is 2. The Hall–Kier alpha value is -2.12. The molecule has 36 heavy (non-hydrogen) atoms. The summed E-state index contributed by atoms with van der Waals surface area (Å²) in [6, 6.07) is 9.57. The molecule has 3 unspecified atom stereocenters. The Morgan fingerprint density at radius 1 is 1.14 bits per heavy atom. The van der Waals surface area contributed by atoms with E-state index < -0.39 is 9.84 Å². The molecule has 198 valence electrons. The van der Waals surface area contributed by atoms with Gasteiger partial charge in [0.2, 0.25) is 0 Å². The molecular weight excluding hydrogens is 472 g/mol. The number of fused-ring (bicyclic) bond motifs is 1. The molecule has 2 aliphatic heterocycles. The van der Waals surface area contributed by atoms with Crippen molar-refractivity contribution in [2.24, 2.45) is 11.8 Å². The average Bonchev–Trinajstić information content (AvgIpc) is 3.16. The number of Topliss-reactive ketones (excluding diaryl/α,β-unsaturated/α-hetero) is 1. The van der Waals surface area contributed by atoms with Gasteiger partial charge in [-0.15, -0.1) is 0 Å². The van der Waals surface area contributed by atoms with Gasteiger partial charge in [0, 0.05) is 36.5 Å². The van der Waals surface area contributed by atoms with Crippen molar-refractivity contribution in [3.63, 3.8) is 0 Å². The summed E-state index contributed by atoms with van der Waals surface area (Å²) >= 11 is 0. The van der Waals surface area contributed by atoms with Crippen LogP contribution in [0, 0.1) is 18.8 Å². The van der Waals surface area contributed by atoms with Crippen LogP contribution in [0.4, 0.5) is 0 Å². The predicted molar refractivity (Wildman–Crippen MR) is 144 cm³/mol.